The van der Waals surface area contributed by atoms with Crippen LogP contribution < -0.4 is 4.90 Å². The lowest BCUT2D eigenvalue weighted by atomic mass is 9.93. The zero-order valence-corrected chi connectivity index (χ0v) is 12.3. The molecule has 0 amide bonds. The number of rotatable bonds is 2. The molecule has 1 aromatic heterocycles. The highest BCUT2D eigenvalue weighted by Gasteiger charge is 2.26. The number of aromatic carboxylic acids is 1. The molecular formula is C16H19N3O2. The Bertz CT molecular complexity index is 686. The van der Waals surface area contributed by atoms with Crippen molar-refractivity contribution >= 4 is 22.7 Å². The van der Waals surface area contributed by atoms with Crippen molar-refractivity contribution in [2.45, 2.75) is 32.7 Å². The molecule has 1 aliphatic rings. The number of hydrogen-bond acceptors (Lipinski definition) is 4. The molecule has 3 rings (SSSR count). The zero-order valence-electron chi connectivity index (χ0n) is 12.3. The fraction of sp³-hybridized carbons (Fsp3) is 0.438. The Kier molecular flexibility index (Phi) is 3.49. The first-order chi connectivity index (χ1) is 10.1. The van der Waals surface area contributed by atoms with Gasteiger partial charge in [0.25, 0.3) is 0 Å². The van der Waals surface area contributed by atoms with Crippen LogP contribution in [0.2, 0.25) is 0 Å². The summed E-state index contributed by atoms with van der Waals surface area (Å²) in [6, 6.07) is 7.96. The minimum Gasteiger partial charge on any atom is -0.475 e. The number of benzene rings is 1. The van der Waals surface area contributed by atoms with Crippen LogP contribution in [-0.2, 0) is 0 Å². The minimum absolute atomic E-state index is 0.130. The van der Waals surface area contributed by atoms with Crippen LogP contribution in [0.3, 0.4) is 0 Å². The monoisotopic (exact) mass is 285 g/mol. The summed E-state index contributed by atoms with van der Waals surface area (Å²) in [4.78, 5) is 21.9. The third-order valence-corrected chi connectivity index (χ3v) is 4.18. The molecule has 0 saturated carbocycles. The number of para-hydroxylation sites is 1. The van der Waals surface area contributed by atoms with Crippen molar-refractivity contribution in [1.82, 2.24) is 9.97 Å². The standard InChI is InChI=1S/C16H19N3O2/c1-10-7-8-19(11(2)9-10)15-12-5-3-4-6-13(12)17-14(18-15)16(20)21/h3-6,10-11H,7-9H2,1-2H3,(H,20,21). The van der Waals surface area contributed by atoms with Crippen molar-refractivity contribution in [2.24, 2.45) is 5.92 Å². The maximum atomic E-state index is 11.3. The van der Waals surface area contributed by atoms with Crippen LogP contribution in [0.1, 0.15) is 37.3 Å². The highest BCUT2D eigenvalue weighted by molar-refractivity contribution is 5.94. The van der Waals surface area contributed by atoms with Crippen LogP contribution >= 0.6 is 0 Å². The molecule has 0 spiro atoms. The Morgan fingerprint density at radius 2 is 2.05 bits per heavy atom. The van der Waals surface area contributed by atoms with E-state index in [1.807, 2.05) is 24.3 Å². The quantitative estimate of drug-likeness (QED) is 0.919. The van der Waals surface area contributed by atoms with Gasteiger partial charge < -0.3 is 10.0 Å². The predicted octanol–water partition coefficient (Wildman–Crippen LogP) is 2.95. The lowest BCUT2D eigenvalue weighted by Gasteiger charge is -2.37. The van der Waals surface area contributed by atoms with E-state index in [1.165, 1.54) is 0 Å². The van der Waals surface area contributed by atoms with Crippen molar-refractivity contribution in [3.63, 3.8) is 0 Å². The topological polar surface area (TPSA) is 66.3 Å². The smallest absolute Gasteiger partial charge is 0.374 e. The molecule has 110 valence electrons. The summed E-state index contributed by atoms with van der Waals surface area (Å²) in [7, 11) is 0. The van der Waals surface area contributed by atoms with Gasteiger partial charge in [-0.25, -0.2) is 14.8 Å². The van der Waals surface area contributed by atoms with Gasteiger partial charge in [0.2, 0.25) is 5.82 Å². The number of nitrogens with zero attached hydrogens (tertiary/aromatic N) is 3. The van der Waals surface area contributed by atoms with Gasteiger partial charge in [0.15, 0.2) is 0 Å². The van der Waals surface area contributed by atoms with Crippen LogP contribution in [0.5, 0.6) is 0 Å². The molecule has 5 nitrogen and oxygen atoms in total. The normalized spacial score (nSPS) is 22.5. The molecule has 1 fully saturated rings. The van der Waals surface area contributed by atoms with Gasteiger partial charge in [-0.2, -0.15) is 0 Å². The summed E-state index contributed by atoms with van der Waals surface area (Å²) in [5.74, 6) is 0.232. The van der Waals surface area contributed by atoms with E-state index in [-0.39, 0.29) is 5.82 Å². The number of anilines is 1. The molecule has 0 aliphatic carbocycles. The van der Waals surface area contributed by atoms with Crippen molar-refractivity contribution in [3.05, 3.63) is 30.1 Å². The summed E-state index contributed by atoms with van der Waals surface area (Å²) >= 11 is 0. The number of fused-ring (bicyclic) bond motifs is 1. The van der Waals surface area contributed by atoms with E-state index < -0.39 is 5.97 Å². The second kappa shape index (κ2) is 5.31. The number of aromatic nitrogens is 2. The van der Waals surface area contributed by atoms with Gasteiger partial charge >= 0.3 is 5.97 Å². The average Bonchev–Trinajstić information content (AvgIpc) is 2.46. The SMILES string of the molecule is CC1CCN(c2nc(C(=O)O)nc3ccccc23)C(C)C1. The number of hydrogen-bond donors (Lipinski definition) is 1. The van der Waals surface area contributed by atoms with Gasteiger partial charge in [-0.3, -0.25) is 0 Å². The highest BCUT2D eigenvalue weighted by atomic mass is 16.4. The van der Waals surface area contributed by atoms with E-state index >= 15 is 0 Å². The number of piperidine rings is 1. The van der Waals surface area contributed by atoms with Crippen LogP contribution in [0.25, 0.3) is 10.9 Å². The van der Waals surface area contributed by atoms with Gasteiger partial charge in [0, 0.05) is 18.0 Å². The van der Waals surface area contributed by atoms with E-state index in [0.29, 0.717) is 17.5 Å². The summed E-state index contributed by atoms with van der Waals surface area (Å²) in [6.45, 7) is 5.34. The summed E-state index contributed by atoms with van der Waals surface area (Å²) < 4.78 is 0. The molecule has 0 radical (unpaired) electrons. The summed E-state index contributed by atoms with van der Waals surface area (Å²) in [6.07, 6.45) is 2.20. The summed E-state index contributed by atoms with van der Waals surface area (Å²) in [5, 5.41) is 10.2. The number of carboxylic acid groups (broad SMARTS) is 1. The molecule has 2 aromatic rings. The maximum absolute atomic E-state index is 11.3. The van der Waals surface area contributed by atoms with Crippen LogP contribution in [0.4, 0.5) is 5.82 Å². The molecule has 2 heterocycles. The lowest BCUT2D eigenvalue weighted by Crippen LogP contribution is -2.41. The second-order valence-electron chi connectivity index (χ2n) is 5.87. The third kappa shape index (κ3) is 2.55. The Morgan fingerprint density at radius 3 is 2.76 bits per heavy atom. The molecule has 1 N–H and O–H groups in total. The van der Waals surface area contributed by atoms with Crippen LogP contribution in [0.15, 0.2) is 24.3 Å². The van der Waals surface area contributed by atoms with E-state index in [2.05, 4.69) is 28.7 Å². The van der Waals surface area contributed by atoms with Crippen molar-refractivity contribution in [2.75, 3.05) is 11.4 Å². The van der Waals surface area contributed by atoms with Crippen molar-refractivity contribution < 1.29 is 9.90 Å². The second-order valence-corrected chi connectivity index (χ2v) is 5.87. The Hall–Kier alpha value is -2.17. The molecule has 1 saturated heterocycles. The largest absolute Gasteiger partial charge is 0.475 e. The van der Waals surface area contributed by atoms with Gasteiger partial charge in [-0.15, -0.1) is 0 Å². The van der Waals surface area contributed by atoms with Gasteiger partial charge in [-0.05, 0) is 37.8 Å². The molecule has 5 heteroatoms. The van der Waals surface area contributed by atoms with Gasteiger partial charge in [-0.1, -0.05) is 19.1 Å². The van der Waals surface area contributed by atoms with E-state index in [1.54, 1.807) is 0 Å². The van der Waals surface area contributed by atoms with E-state index in [4.69, 9.17) is 0 Å². The molecule has 2 unspecified atom stereocenters. The van der Waals surface area contributed by atoms with E-state index in [0.717, 1.165) is 30.6 Å². The lowest BCUT2D eigenvalue weighted by molar-refractivity contribution is 0.0684. The van der Waals surface area contributed by atoms with Gasteiger partial charge in [0.05, 0.1) is 5.52 Å². The Morgan fingerprint density at radius 1 is 1.29 bits per heavy atom. The zero-order chi connectivity index (χ0) is 15.0. The first kappa shape index (κ1) is 13.8. The van der Waals surface area contributed by atoms with Gasteiger partial charge in [0.1, 0.15) is 5.82 Å². The van der Waals surface area contributed by atoms with Crippen LogP contribution in [0, 0.1) is 5.92 Å². The summed E-state index contributed by atoms with van der Waals surface area (Å²) in [5.41, 5.74) is 0.686. The Labute approximate surface area is 123 Å². The van der Waals surface area contributed by atoms with Crippen molar-refractivity contribution in [3.8, 4) is 0 Å². The molecule has 2 atom stereocenters. The molecule has 1 aliphatic heterocycles. The Balaban J connectivity index is 2.14. The van der Waals surface area contributed by atoms with Crippen LogP contribution in [-0.4, -0.2) is 33.6 Å². The predicted molar refractivity (Wildman–Crippen MR) is 81.7 cm³/mol. The number of carboxylic acids is 1. The molecule has 21 heavy (non-hydrogen) atoms. The number of carbonyl (C=O) groups is 1. The molecule has 0 bridgehead atoms. The fourth-order valence-corrected chi connectivity index (χ4v) is 3.10. The maximum Gasteiger partial charge on any atom is 0.374 e. The first-order valence-electron chi connectivity index (χ1n) is 7.33. The molecular weight excluding hydrogens is 266 g/mol. The highest BCUT2D eigenvalue weighted by Crippen LogP contribution is 2.31. The van der Waals surface area contributed by atoms with Crippen molar-refractivity contribution in [1.29, 1.82) is 0 Å². The minimum atomic E-state index is -1.08. The average molecular weight is 285 g/mol. The van der Waals surface area contributed by atoms with E-state index in [9.17, 15) is 9.90 Å². The third-order valence-electron chi connectivity index (χ3n) is 4.18. The first-order valence-corrected chi connectivity index (χ1v) is 7.33. The molecule has 1 aromatic carbocycles. The fourth-order valence-electron chi connectivity index (χ4n) is 3.10.